The Balaban J connectivity index is 1.94. The number of thioether (sulfide) groups is 1. The molecular formula is C13H19N3O5S2. The molecule has 8 nitrogen and oxygen atoms in total. The number of aliphatic carboxylic acids is 1. The predicted molar refractivity (Wildman–Crippen MR) is 87.6 cm³/mol. The van der Waals surface area contributed by atoms with Crippen molar-refractivity contribution < 1.29 is 24.6 Å². The van der Waals surface area contributed by atoms with Crippen LogP contribution >= 0.6 is 23.7 Å². The second kappa shape index (κ2) is 7.45. The highest BCUT2D eigenvalue weighted by atomic mass is 32.2. The van der Waals surface area contributed by atoms with E-state index in [2.05, 4.69) is 10.0 Å². The number of carbonyl (C=O) groups is 3. The Labute approximate surface area is 142 Å². The molecule has 0 aliphatic carbocycles. The number of nitrogens with one attached hydrogen (secondary N) is 2. The first-order valence-electron chi connectivity index (χ1n) is 7.05. The minimum Gasteiger partial charge on any atom is -0.477 e. The van der Waals surface area contributed by atoms with Gasteiger partial charge < -0.3 is 20.4 Å². The number of carboxylic acid groups (broad SMARTS) is 1. The lowest BCUT2D eigenvalue weighted by atomic mass is 9.83. The van der Waals surface area contributed by atoms with Crippen molar-refractivity contribution in [3.63, 3.8) is 0 Å². The number of urea groups is 1. The van der Waals surface area contributed by atoms with Gasteiger partial charge in [-0.3, -0.25) is 9.52 Å². The van der Waals surface area contributed by atoms with Crippen molar-refractivity contribution in [1.82, 2.24) is 14.9 Å². The summed E-state index contributed by atoms with van der Waals surface area (Å²) in [5.74, 6) is -1.51. The predicted octanol–water partition coefficient (Wildman–Crippen LogP) is 0.204. The number of carboxylic acids is 1. The smallest absolute Gasteiger partial charge is 0.353 e. The minimum atomic E-state index is -1.14. The zero-order chi connectivity index (χ0) is 17.1. The molecule has 0 aromatic carbocycles. The van der Waals surface area contributed by atoms with E-state index in [9.17, 15) is 24.6 Å². The third-order valence-corrected chi connectivity index (χ3v) is 5.26. The van der Waals surface area contributed by atoms with Crippen LogP contribution in [0.1, 0.15) is 13.3 Å². The van der Waals surface area contributed by atoms with Gasteiger partial charge in [0.05, 0.1) is 18.1 Å². The summed E-state index contributed by atoms with van der Waals surface area (Å²) in [6, 6.07) is -0.575. The number of amides is 3. The van der Waals surface area contributed by atoms with E-state index in [1.54, 1.807) is 13.2 Å². The second-order valence-electron chi connectivity index (χ2n) is 5.23. The topological polar surface area (TPSA) is 119 Å². The van der Waals surface area contributed by atoms with E-state index >= 15 is 0 Å². The Hall–Kier alpha value is -1.39. The summed E-state index contributed by atoms with van der Waals surface area (Å²) >= 11 is 2.50. The maximum absolute atomic E-state index is 12.0. The molecule has 0 aromatic heterocycles. The Morgan fingerprint density at radius 1 is 1.48 bits per heavy atom. The van der Waals surface area contributed by atoms with Crippen molar-refractivity contribution in [2.24, 2.45) is 5.92 Å². The summed E-state index contributed by atoms with van der Waals surface area (Å²) in [6.07, 6.45) is 1.38. The number of fused-ring (bicyclic) bond motifs is 1. The van der Waals surface area contributed by atoms with Crippen LogP contribution in [0.4, 0.5) is 4.79 Å². The molecule has 2 aliphatic rings. The summed E-state index contributed by atoms with van der Waals surface area (Å²) in [6.45, 7) is 1.92. The molecule has 2 heterocycles. The quantitative estimate of drug-likeness (QED) is 0.291. The molecule has 2 aliphatic heterocycles. The molecule has 23 heavy (non-hydrogen) atoms. The molecule has 2 rings (SSSR count). The van der Waals surface area contributed by atoms with Gasteiger partial charge in [-0.25, -0.2) is 9.59 Å². The van der Waals surface area contributed by atoms with Crippen molar-refractivity contribution in [2.45, 2.75) is 25.5 Å². The Bertz CT molecular complexity index is 552. The SMILES string of the molecule is CSNC(=O)NCCSC1=C(C(=O)O)N2C(=O)[C@H]([C@@H](C)O)[C@H]2C1. The molecule has 1 fully saturated rings. The summed E-state index contributed by atoms with van der Waals surface area (Å²) in [7, 11) is 0. The molecule has 128 valence electrons. The number of aliphatic hydroxyl groups excluding tert-OH is 1. The second-order valence-corrected chi connectivity index (χ2v) is 7.04. The lowest BCUT2D eigenvalue weighted by Gasteiger charge is -2.44. The standard InChI is InChI=1S/C13H19N3O5S2/c1-6(17)9-7-5-8(10(12(19)20)16(7)11(9)18)23-4-3-14-13(21)15-22-2/h6-7,9,17H,3-5H2,1-2H3,(H,19,20)(H2,14,15,21)/t6-,7-,9-/m1/s1. The van der Waals surface area contributed by atoms with Gasteiger partial charge in [-0.2, -0.15) is 0 Å². The fourth-order valence-corrected chi connectivity index (χ4v) is 4.15. The van der Waals surface area contributed by atoms with E-state index in [-0.39, 0.29) is 23.7 Å². The maximum atomic E-state index is 12.0. The summed E-state index contributed by atoms with van der Waals surface area (Å²) in [5.41, 5.74) is 0.00969. The lowest BCUT2D eigenvalue weighted by Crippen LogP contribution is -2.61. The normalized spacial score (nSPS) is 24.1. The first kappa shape index (κ1) is 18.0. The zero-order valence-electron chi connectivity index (χ0n) is 12.7. The molecule has 10 heteroatoms. The van der Waals surface area contributed by atoms with E-state index in [1.807, 2.05) is 0 Å². The fraction of sp³-hybridized carbons (Fsp3) is 0.615. The van der Waals surface area contributed by atoms with Crippen molar-refractivity contribution in [3.8, 4) is 0 Å². The largest absolute Gasteiger partial charge is 0.477 e. The minimum absolute atomic E-state index is 0.00969. The van der Waals surface area contributed by atoms with Gasteiger partial charge in [0.15, 0.2) is 0 Å². The van der Waals surface area contributed by atoms with Crippen LogP contribution < -0.4 is 10.0 Å². The van der Waals surface area contributed by atoms with Crippen LogP contribution in [0.5, 0.6) is 0 Å². The first-order valence-corrected chi connectivity index (χ1v) is 9.26. The van der Waals surface area contributed by atoms with E-state index in [0.717, 1.165) is 0 Å². The van der Waals surface area contributed by atoms with Crippen LogP contribution in [0, 0.1) is 5.92 Å². The number of hydrogen-bond donors (Lipinski definition) is 4. The molecule has 0 unspecified atom stereocenters. The average Bonchev–Trinajstić information content (AvgIpc) is 2.78. The third-order valence-electron chi connectivity index (χ3n) is 3.75. The van der Waals surface area contributed by atoms with Crippen molar-refractivity contribution in [1.29, 1.82) is 0 Å². The Morgan fingerprint density at radius 3 is 2.74 bits per heavy atom. The van der Waals surface area contributed by atoms with Gasteiger partial charge in [-0.05, 0) is 6.92 Å². The van der Waals surface area contributed by atoms with Gasteiger partial charge in [0.2, 0.25) is 5.91 Å². The lowest BCUT2D eigenvalue weighted by molar-refractivity contribution is -0.161. The van der Waals surface area contributed by atoms with Crippen LogP contribution in [0.2, 0.25) is 0 Å². The van der Waals surface area contributed by atoms with Gasteiger partial charge in [0.1, 0.15) is 5.70 Å². The van der Waals surface area contributed by atoms with Gasteiger partial charge in [-0.1, -0.05) is 11.9 Å². The number of carbonyl (C=O) groups excluding carboxylic acids is 2. The molecule has 3 amide bonds. The third kappa shape index (κ3) is 3.59. The van der Waals surface area contributed by atoms with Crippen LogP contribution in [0.25, 0.3) is 0 Å². The van der Waals surface area contributed by atoms with Crippen LogP contribution in [-0.4, -0.2) is 63.7 Å². The van der Waals surface area contributed by atoms with E-state index in [0.29, 0.717) is 23.6 Å². The van der Waals surface area contributed by atoms with Crippen LogP contribution in [0.15, 0.2) is 10.6 Å². The number of nitrogens with zero attached hydrogens (tertiary/aromatic N) is 1. The highest BCUT2D eigenvalue weighted by Crippen LogP contribution is 2.46. The molecule has 0 saturated carbocycles. The summed E-state index contributed by atoms with van der Waals surface area (Å²) in [4.78, 5) is 36.6. The Morgan fingerprint density at radius 2 is 2.17 bits per heavy atom. The highest BCUT2D eigenvalue weighted by Gasteiger charge is 2.56. The number of hydrogen-bond acceptors (Lipinski definition) is 6. The monoisotopic (exact) mass is 361 g/mol. The summed E-state index contributed by atoms with van der Waals surface area (Å²) < 4.78 is 2.52. The average molecular weight is 361 g/mol. The van der Waals surface area contributed by atoms with E-state index in [1.165, 1.54) is 28.6 Å². The molecule has 3 atom stereocenters. The van der Waals surface area contributed by atoms with Crippen LogP contribution in [0.3, 0.4) is 0 Å². The van der Waals surface area contributed by atoms with Crippen LogP contribution in [-0.2, 0) is 9.59 Å². The number of β-lactam (4-membered cyclic amide) rings is 1. The molecule has 0 radical (unpaired) electrons. The van der Waals surface area contributed by atoms with Crippen molar-refractivity contribution >= 4 is 41.6 Å². The molecule has 0 aromatic rings. The van der Waals surface area contributed by atoms with Gasteiger partial charge in [0, 0.05) is 29.9 Å². The highest BCUT2D eigenvalue weighted by molar-refractivity contribution is 8.03. The van der Waals surface area contributed by atoms with Gasteiger partial charge in [0.25, 0.3) is 0 Å². The zero-order valence-corrected chi connectivity index (χ0v) is 14.4. The maximum Gasteiger partial charge on any atom is 0.353 e. The Kier molecular flexibility index (Phi) is 5.82. The molecule has 0 bridgehead atoms. The number of aliphatic hydroxyl groups is 1. The van der Waals surface area contributed by atoms with E-state index in [4.69, 9.17) is 0 Å². The van der Waals surface area contributed by atoms with Gasteiger partial charge in [-0.15, -0.1) is 11.8 Å². The fourth-order valence-electron chi connectivity index (χ4n) is 2.83. The van der Waals surface area contributed by atoms with Gasteiger partial charge >= 0.3 is 12.0 Å². The van der Waals surface area contributed by atoms with Crippen molar-refractivity contribution in [3.05, 3.63) is 10.6 Å². The van der Waals surface area contributed by atoms with Crippen molar-refractivity contribution in [2.75, 3.05) is 18.6 Å². The molecule has 0 spiro atoms. The summed E-state index contributed by atoms with van der Waals surface area (Å²) in [5, 5.41) is 21.6. The van der Waals surface area contributed by atoms with E-state index < -0.39 is 18.0 Å². The first-order chi connectivity index (χ1) is 10.9. The molecule has 4 N–H and O–H groups in total. The number of rotatable bonds is 7. The molecule has 1 saturated heterocycles. The molecular weight excluding hydrogens is 342 g/mol.